The maximum absolute atomic E-state index is 11.8. The Balaban J connectivity index is 0.00000155. The van der Waals surface area contributed by atoms with E-state index in [0.717, 1.165) is 22.9 Å². The number of rotatable bonds is 8. The van der Waals surface area contributed by atoms with Gasteiger partial charge in [0, 0.05) is 29.8 Å². The molecule has 9 heteroatoms. The van der Waals surface area contributed by atoms with E-state index in [9.17, 15) is 9.59 Å². The molecule has 1 atom stereocenters. The van der Waals surface area contributed by atoms with Gasteiger partial charge in [-0.1, -0.05) is 19.9 Å². The highest BCUT2D eigenvalue weighted by molar-refractivity contribution is 5.99. The molecule has 3 rings (SSSR count). The van der Waals surface area contributed by atoms with Crippen molar-refractivity contribution in [2.75, 3.05) is 17.7 Å². The molecule has 0 saturated carbocycles. The molecule has 160 valence electrons. The van der Waals surface area contributed by atoms with Crippen LogP contribution in [0.4, 0.5) is 17.3 Å². The van der Waals surface area contributed by atoms with Crippen LogP contribution in [-0.2, 0) is 11.8 Å². The van der Waals surface area contributed by atoms with E-state index in [-0.39, 0.29) is 17.6 Å². The van der Waals surface area contributed by atoms with Gasteiger partial charge in [-0.2, -0.15) is 0 Å². The summed E-state index contributed by atoms with van der Waals surface area (Å²) in [6.45, 7) is 4.07. The van der Waals surface area contributed by atoms with Crippen LogP contribution in [0.3, 0.4) is 0 Å². The standard InChI is InChI=1S/C20H24N6O2.CH5N/c1-12(2)9-13(11-27)23-17-10-22-18(19(21)28)20(25-17)24-15-5-4-6-16-14(15)7-8-26(16)3;1-2/h4-8,10-13H,9H2,1-3H3,(H2,21,28)(H2,23,24,25);2H2,1H3/t13-;/m1./s1. The van der Waals surface area contributed by atoms with E-state index < -0.39 is 5.91 Å². The number of anilines is 3. The van der Waals surface area contributed by atoms with Gasteiger partial charge in [0.25, 0.3) is 5.91 Å². The van der Waals surface area contributed by atoms with Crippen molar-refractivity contribution < 1.29 is 9.59 Å². The van der Waals surface area contributed by atoms with Gasteiger partial charge in [0.1, 0.15) is 12.1 Å². The Morgan fingerprint density at radius 1 is 1.27 bits per heavy atom. The number of nitrogens with two attached hydrogens (primary N) is 2. The Hall–Kier alpha value is -3.46. The predicted molar refractivity (Wildman–Crippen MR) is 120 cm³/mol. The van der Waals surface area contributed by atoms with E-state index in [1.165, 1.54) is 13.2 Å². The number of benzene rings is 1. The van der Waals surface area contributed by atoms with Crippen molar-refractivity contribution in [2.24, 2.45) is 24.4 Å². The number of fused-ring (bicyclic) bond motifs is 1. The van der Waals surface area contributed by atoms with Gasteiger partial charge in [0.15, 0.2) is 11.5 Å². The number of hydrogen-bond acceptors (Lipinski definition) is 7. The van der Waals surface area contributed by atoms with Crippen molar-refractivity contribution in [3.8, 4) is 0 Å². The van der Waals surface area contributed by atoms with Crippen molar-refractivity contribution in [1.29, 1.82) is 0 Å². The molecule has 1 aromatic carbocycles. The summed E-state index contributed by atoms with van der Waals surface area (Å²) in [4.78, 5) is 31.7. The zero-order valence-corrected chi connectivity index (χ0v) is 17.7. The number of nitrogens with one attached hydrogen (secondary N) is 2. The molecule has 2 heterocycles. The summed E-state index contributed by atoms with van der Waals surface area (Å²) in [5, 5.41) is 7.20. The molecule has 0 radical (unpaired) electrons. The first-order valence-electron chi connectivity index (χ1n) is 9.66. The normalized spacial score (nSPS) is 11.5. The summed E-state index contributed by atoms with van der Waals surface area (Å²) < 4.78 is 2.00. The number of carbonyl (C=O) groups excluding carboxylic acids is 2. The van der Waals surface area contributed by atoms with Crippen molar-refractivity contribution >= 4 is 40.4 Å². The van der Waals surface area contributed by atoms with Crippen LogP contribution in [0.1, 0.15) is 30.8 Å². The van der Waals surface area contributed by atoms with Crippen molar-refractivity contribution in [3.63, 3.8) is 0 Å². The first kappa shape index (κ1) is 22.8. The largest absolute Gasteiger partial charge is 0.364 e. The molecule has 0 bridgehead atoms. The molecule has 3 aromatic rings. The second-order valence-corrected chi connectivity index (χ2v) is 7.12. The van der Waals surface area contributed by atoms with Gasteiger partial charge >= 0.3 is 0 Å². The topological polar surface area (TPSA) is 141 Å². The monoisotopic (exact) mass is 411 g/mol. The van der Waals surface area contributed by atoms with Crippen LogP contribution in [0.15, 0.2) is 36.7 Å². The quantitative estimate of drug-likeness (QED) is 0.417. The molecule has 0 spiro atoms. The molecule has 0 unspecified atom stereocenters. The summed E-state index contributed by atoms with van der Waals surface area (Å²) in [7, 11) is 3.46. The third-order valence-corrected chi connectivity index (χ3v) is 4.41. The second kappa shape index (κ2) is 10.4. The predicted octanol–water partition coefficient (Wildman–Crippen LogP) is 2.41. The Morgan fingerprint density at radius 3 is 2.63 bits per heavy atom. The first-order chi connectivity index (χ1) is 14.4. The highest BCUT2D eigenvalue weighted by atomic mass is 16.1. The second-order valence-electron chi connectivity index (χ2n) is 7.12. The van der Waals surface area contributed by atoms with Gasteiger partial charge in [-0.05, 0) is 37.6 Å². The molecule has 6 N–H and O–H groups in total. The van der Waals surface area contributed by atoms with Gasteiger partial charge in [-0.25, -0.2) is 9.97 Å². The van der Waals surface area contributed by atoms with Crippen LogP contribution >= 0.6 is 0 Å². The molecule has 0 aliphatic heterocycles. The lowest BCUT2D eigenvalue weighted by Crippen LogP contribution is -2.24. The fraction of sp³-hybridized carbons (Fsp3) is 0.333. The fourth-order valence-corrected chi connectivity index (χ4v) is 3.11. The number of hydrogen-bond donors (Lipinski definition) is 4. The summed E-state index contributed by atoms with van der Waals surface area (Å²) in [5.41, 5.74) is 11.8. The molecule has 0 fully saturated rings. The molecule has 1 amide bonds. The summed E-state index contributed by atoms with van der Waals surface area (Å²) >= 11 is 0. The minimum absolute atomic E-state index is 0.0324. The van der Waals surface area contributed by atoms with Crippen LogP contribution in [0.2, 0.25) is 0 Å². The average Bonchev–Trinajstić information content (AvgIpc) is 3.10. The lowest BCUT2D eigenvalue weighted by molar-refractivity contribution is -0.108. The number of aldehydes is 1. The smallest absolute Gasteiger partial charge is 0.271 e. The van der Waals surface area contributed by atoms with Crippen molar-refractivity contribution in [1.82, 2.24) is 14.5 Å². The third kappa shape index (κ3) is 5.32. The number of aromatic nitrogens is 3. The number of amides is 1. The van der Waals surface area contributed by atoms with E-state index in [1.54, 1.807) is 0 Å². The number of primary amides is 1. The summed E-state index contributed by atoms with van der Waals surface area (Å²) in [6.07, 6.45) is 4.87. The van der Waals surface area contributed by atoms with Gasteiger partial charge in [0.05, 0.1) is 12.2 Å². The van der Waals surface area contributed by atoms with Crippen molar-refractivity contribution in [3.05, 3.63) is 42.4 Å². The maximum atomic E-state index is 11.8. The molecular weight excluding hydrogens is 382 g/mol. The lowest BCUT2D eigenvalue weighted by atomic mass is 10.1. The highest BCUT2D eigenvalue weighted by Crippen LogP contribution is 2.28. The third-order valence-electron chi connectivity index (χ3n) is 4.41. The Bertz CT molecular complexity index is 1010. The molecule has 2 aromatic heterocycles. The van der Waals surface area contributed by atoms with Crippen molar-refractivity contribution in [2.45, 2.75) is 26.3 Å². The Labute approximate surface area is 175 Å². The van der Waals surface area contributed by atoms with E-state index in [0.29, 0.717) is 18.2 Å². The fourth-order valence-electron chi connectivity index (χ4n) is 3.11. The highest BCUT2D eigenvalue weighted by Gasteiger charge is 2.17. The van der Waals surface area contributed by atoms with Crippen LogP contribution in [0.25, 0.3) is 10.9 Å². The van der Waals surface area contributed by atoms with Crippen LogP contribution < -0.4 is 22.1 Å². The maximum Gasteiger partial charge on any atom is 0.271 e. The Kier molecular flexibility index (Phi) is 7.88. The number of aryl methyl sites for hydroxylation is 1. The zero-order valence-electron chi connectivity index (χ0n) is 17.7. The molecule has 9 nitrogen and oxygen atoms in total. The summed E-state index contributed by atoms with van der Waals surface area (Å²) in [6, 6.07) is 7.39. The SMILES string of the molecule is CC(C)C[C@H](C=O)Nc1cnc(C(N)=O)c(Nc2cccc3c2ccn3C)n1.CN. The molecular formula is C21H29N7O2. The van der Waals surface area contributed by atoms with E-state index in [4.69, 9.17) is 5.73 Å². The minimum atomic E-state index is -0.684. The number of carbonyl (C=O) groups is 2. The van der Waals surface area contributed by atoms with Gasteiger partial charge in [-0.3, -0.25) is 4.79 Å². The zero-order chi connectivity index (χ0) is 22.3. The Morgan fingerprint density at radius 2 is 2.00 bits per heavy atom. The molecule has 0 saturated heterocycles. The summed E-state index contributed by atoms with van der Waals surface area (Å²) in [5.74, 6) is 0.290. The lowest BCUT2D eigenvalue weighted by Gasteiger charge is -2.17. The van der Waals surface area contributed by atoms with E-state index >= 15 is 0 Å². The van der Waals surface area contributed by atoms with E-state index in [1.807, 2.05) is 55.9 Å². The van der Waals surface area contributed by atoms with E-state index in [2.05, 4.69) is 26.3 Å². The van der Waals surface area contributed by atoms with Crippen LogP contribution in [-0.4, -0.2) is 39.8 Å². The first-order valence-corrected chi connectivity index (χ1v) is 9.66. The minimum Gasteiger partial charge on any atom is -0.364 e. The molecule has 0 aliphatic carbocycles. The van der Waals surface area contributed by atoms with Gasteiger partial charge < -0.3 is 31.5 Å². The average molecular weight is 412 g/mol. The van der Waals surface area contributed by atoms with Gasteiger partial charge in [0.2, 0.25) is 0 Å². The number of nitrogens with zero attached hydrogens (tertiary/aromatic N) is 3. The van der Waals surface area contributed by atoms with Gasteiger partial charge in [-0.15, -0.1) is 0 Å². The molecule has 30 heavy (non-hydrogen) atoms. The van der Waals surface area contributed by atoms with Crippen LogP contribution in [0.5, 0.6) is 0 Å². The van der Waals surface area contributed by atoms with Crippen LogP contribution in [0, 0.1) is 5.92 Å². The molecule has 0 aliphatic rings.